The zero-order chi connectivity index (χ0) is 25.3. The van der Waals surface area contributed by atoms with Gasteiger partial charge in [0, 0.05) is 22.6 Å². The van der Waals surface area contributed by atoms with Gasteiger partial charge >= 0.3 is 5.69 Å². The summed E-state index contributed by atoms with van der Waals surface area (Å²) in [7, 11) is -1.61. The molecule has 1 fully saturated rings. The minimum absolute atomic E-state index is 0.0644. The summed E-state index contributed by atoms with van der Waals surface area (Å²) in [5.41, 5.74) is 0.638. The average Bonchev–Trinajstić information content (AvgIpc) is 3.25. The smallest absolute Gasteiger partial charge is 0.319 e. The molecule has 35 heavy (non-hydrogen) atoms. The van der Waals surface area contributed by atoms with E-state index in [4.69, 9.17) is 11.6 Å². The van der Waals surface area contributed by atoms with Crippen molar-refractivity contribution in [3.63, 3.8) is 0 Å². The van der Waals surface area contributed by atoms with Crippen molar-refractivity contribution < 1.29 is 8.42 Å². The van der Waals surface area contributed by atoms with Gasteiger partial charge < -0.3 is 10.3 Å². The Morgan fingerprint density at radius 2 is 1.94 bits per heavy atom. The van der Waals surface area contributed by atoms with Crippen molar-refractivity contribution in [3.05, 3.63) is 71.8 Å². The lowest BCUT2D eigenvalue weighted by molar-refractivity contribution is 0.315. The number of benzene rings is 2. The molecule has 2 aromatic carbocycles. The molecule has 3 aromatic rings. The molecule has 1 aliphatic heterocycles. The van der Waals surface area contributed by atoms with Gasteiger partial charge in [0.2, 0.25) is 0 Å². The maximum Gasteiger partial charge on any atom is 0.329 e. The number of nitrogens with one attached hydrogen (secondary N) is 2. The molecule has 8 nitrogen and oxygen atoms in total. The molecule has 1 saturated heterocycles. The van der Waals surface area contributed by atoms with E-state index in [1.807, 2.05) is 13.1 Å². The van der Waals surface area contributed by atoms with E-state index in [9.17, 15) is 18.0 Å². The van der Waals surface area contributed by atoms with Crippen molar-refractivity contribution in [1.82, 2.24) is 19.8 Å². The van der Waals surface area contributed by atoms with Crippen LogP contribution in [0.4, 0.5) is 0 Å². The van der Waals surface area contributed by atoms with Crippen molar-refractivity contribution in [3.8, 4) is 0 Å². The molecule has 1 aromatic heterocycles. The zero-order valence-corrected chi connectivity index (χ0v) is 22.8. The second-order valence-electron chi connectivity index (χ2n) is 8.91. The van der Waals surface area contributed by atoms with Gasteiger partial charge in [-0.05, 0) is 73.9 Å². The number of halogens is 2. The highest BCUT2D eigenvalue weighted by molar-refractivity contribution is 9.10. The van der Waals surface area contributed by atoms with E-state index < -0.39 is 21.1 Å². The third-order valence-corrected chi connectivity index (χ3v) is 9.27. The predicted molar refractivity (Wildman–Crippen MR) is 142 cm³/mol. The number of likely N-dealkylation sites (tertiary alicyclic amines) is 1. The number of rotatable bonds is 8. The predicted octanol–water partition coefficient (Wildman–Crippen LogP) is 2.99. The van der Waals surface area contributed by atoms with Gasteiger partial charge in [0.05, 0.1) is 28.1 Å². The van der Waals surface area contributed by atoms with E-state index >= 15 is 0 Å². The molecule has 188 valence electrons. The molecule has 0 unspecified atom stereocenters. The molecule has 0 spiro atoms. The minimum atomic E-state index is -3.57. The Kier molecular flexibility index (Phi) is 7.87. The summed E-state index contributed by atoms with van der Waals surface area (Å²) < 4.78 is 26.9. The van der Waals surface area contributed by atoms with Gasteiger partial charge in [-0.25, -0.2) is 13.2 Å². The molecule has 2 N–H and O–H groups in total. The highest BCUT2D eigenvalue weighted by Gasteiger charge is 2.23. The molecule has 0 bridgehead atoms. The molecule has 0 aliphatic carbocycles. The van der Waals surface area contributed by atoms with Crippen molar-refractivity contribution in [1.29, 1.82) is 0 Å². The van der Waals surface area contributed by atoms with Crippen LogP contribution >= 0.6 is 27.5 Å². The fourth-order valence-electron chi connectivity index (χ4n) is 4.64. The van der Waals surface area contributed by atoms with Crippen molar-refractivity contribution in [2.24, 2.45) is 5.92 Å². The standard InChI is InChI=1S/C24H28BrClN4O4S/c1-3-35(33,34)22-5-4-18(26)8-17(22)14-30-23(31)19-10-20(25)16(9-21(19)28-24(30)32)13-29-7-6-15(12-29)11-27-2/h4-5,8-10,15,27H,3,6-7,11-14H2,1-2H3,(H,28,32)/t15-/m0/s1. The van der Waals surface area contributed by atoms with E-state index in [1.165, 1.54) is 18.2 Å². The van der Waals surface area contributed by atoms with Gasteiger partial charge in [-0.1, -0.05) is 34.5 Å². The highest BCUT2D eigenvalue weighted by Crippen LogP contribution is 2.26. The number of sulfone groups is 1. The first kappa shape index (κ1) is 26.1. The van der Waals surface area contributed by atoms with E-state index in [2.05, 4.69) is 31.1 Å². The molecular weight excluding hydrogens is 556 g/mol. The van der Waals surface area contributed by atoms with Crippen LogP contribution in [0.2, 0.25) is 5.02 Å². The summed E-state index contributed by atoms with van der Waals surface area (Å²) in [5.74, 6) is 0.506. The number of hydrogen-bond acceptors (Lipinski definition) is 6. The van der Waals surface area contributed by atoms with Crippen molar-refractivity contribution >= 4 is 48.3 Å². The summed E-state index contributed by atoms with van der Waals surface area (Å²) in [6.07, 6.45) is 1.13. The number of nitrogens with zero attached hydrogens (tertiary/aromatic N) is 2. The Morgan fingerprint density at radius 3 is 2.66 bits per heavy atom. The monoisotopic (exact) mass is 582 g/mol. The molecule has 0 amide bonds. The van der Waals surface area contributed by atoms with Gasteiger partial charge in [-0.3, -0.25) is 14.3 Å². The Balaban J connectivity index is 1.70. The molecule has 1 aliphatic rings. The van der Waals surface area contributed by atoms with Crippen molar-refractivity contribution in [2.75, 3.05) is 32.4 Å². The number of hydrogen-bond donors (Lipinski definition) is 2. The van der Waals surface area contributed by atoms with E-state index in [1.54, 1.807) is 13.0 Å². The number of aromatic amines is 1. The Labute approximate surface area is 217 Å². The Hall–Kier alpha value is -1.98. The fraction of sp³-hybridized carbons (Fsp3) is 0.417. The van der Waals surface area contributed by atoms with Gasteiger partial charge in [0.25, 0.3) is 5.56 Å². The Bertz CT molecular complexity index is 1490. The number of aromatic nitrogens is 2. The first-order chi connectivity index (χ1) is 16.6. The van der Waals surface area contributed by atoms with Crippen molar-refractivity contribution in [2.45, 2.75) is 31.3 Å². The lowest BCUT2D eigenvalue weighted by Crippen LogP contribution is -2.35. The fourth-order valence-corrected chi connectivity index (χ4v) is 6.41. The van der Waals surface area contributed by atoms with Crippen LogP contribution in [0.1, 0.15) is 24.5 Å². The van der Waals surface area contributed by atoms with Crippen LogP contribution in [-0.4, -0.2) is 55.3 Å². The van der Waals surface area contributed by atoms with Gasteiger partial charge in [-0.15, -0.1) is 0 Å². The van der Waals surface area contributed by atoms with Crippen LogP contribution < -0.4 is 16.6 Å². The highest BCUT2D eigenvalue weighted by atomic mass is 79.9. The van der Waals surface area contributed by atoms with Crippen LogP contribution in [0, 0.1) is 5.92 Å². The quantitative estimate of drug-likeness (QED) is 0.423. The molecule has 0 radical (unpaired) electrons. The van der Waals surface area contributed by atoms with Gasteiger partial charge in [-0.2, -0.15) is 0 Å². The van der Waals surface area contributed by atoms with Crippen LogP contribution in [0.5, 0.6) is 0 Å². The number of fused-ring (bicyclic) bond motifs is 1. The van der Waals surface area contributed by atoms with Crippen LogP contribution in [0.15, 0.2) is 49.3 Å². The molecule has 11 heteroatoms. The molecule has 4 rings (SSSR count). The number of H-pyrrole nitrogens is 1. The summed E-state index contributed by atoms with van der Waals surface area (Å²) >= 11 is 9.70. The lowest BCUT2D eigenvalue weighted by Gasteiger charge is -2.18. The third kappa shape index (κ3) is 5.56. The average molecular weight is 584 g/mol. The van der Waals surface area contributed by atoms with E-state index in [0.717, 1.165) is 40.7 Å². The summed E-state index contributed by atoms with van der Waals surface area (Å²) in [6, 6.07) is 7.95. The van der Waals surface area contributed by atoms with E-state index in [0.29, 0.717) is 34.0 Å². The topological polar surface area (TPSA) is 104 Å². The second-order valence-corrected chi connectivity index (χ2v) is 12.5. The first-order valence-electron chi connectivity index (χ1n) is 11.5. The summed E-state index contributed by atoms with van der Waals surface area (Å²) in [4.78, 5) is 31.5. The SMILES string of the molecule is CCS(=O)(=O)c1ccc(Cl)cc1Cn1c(=O)[nH]c2cc(CN3CC[C@@H](CNC)C3)c(Br)cc2c1=O. The Morgan fingerprint density at radius 1 is 1.17 bits per heavy atom. The van der Waals surface area contributed by atoms with Crippen LogP contribution in [-0.2, 0) is 22.9 Å². The van der Waals surface area contributed by atoms with E-state index in [-0.39, 0.29) is 17.2 Å². The van der Waals surface area contributed by atoms with Crippen LogP contribution in [0.25, 0.3) is 10.9 Å². The second kappa shape index (κ2) is 10.6. The molecule has 1 atom stereocenters. The maximum atomic E-state index is 13.3. The van der Waals surface area contributed by atoms with Crippen LogP contribution in [0.3, 0.4) is 0 Å². The third-order valence-electron chi connectivity index (χ3n) is 6.47. The lowest BCUT2D eigenvalue weighted by atomic mass is 10.1. The molecule has 2 heterocycles. The largest absolute Gasteiger partial charge is 0.329 e. The van der Waals surface area contributed by atoms with Gasteiger partial charge in [0.15, 0.2) is 9.84 Å². The minimum Gasteiger partial charge on any atom is -0.319 e. The molecule has 0 saturated carbocycles. The zero-order valence-electron chi connectivity index (χ0n) is 19.6. The maximum absolute atomic E-state index is 13.3. The summed E-state index contributed by atoms with van der Waals surface area (Å²) in [6.45, 7) is 5.02. The summed E-state index contributed by atoms with van der Waals surface area (Å²) in [5, 5.41) is 3.90. The first-order valence-corrected chi connectivity index (χ1v) is 14.3. The van der Waals surface area contributed by atoms with Gasteiger partial charge in [0.1, 0.15) is 0 Å². The normalized spacial score (nSPS) is 16.9. The molecular formula is C24H28BrClN4O4S.